The van der Waals surface area contributed by atoms with Crippen molar-refractivity contribution in [3.8, 4) is 0 Å². The summed E-state index contributed by atoms with van der Waals surface area (Å²) in [6.07, 6.45) is 0.611. The van der Waals surface area contributed by atoms with Crippen LogP contribution in [0.15, 0.2) is 24.3 Å². The third kappa shape index (κ3) is 8.13. The molecule has 6 nitrogen and oxygen atoms in total. The predicted octanol–water partition coefficient (Wildman–Crippen LogP) is 2.32. The minimum atomic E-state index is -0.561. The summed E-state index contributed by atoms with van der Waals surface area (Å²) < 4.78 is 0. The number of carbonyl (C=O) groups excluding carboxylic acids is 2. The van der Waals surface area contributed by atoms with Gasteiger partial charge in [0.25, 0.3) is 0 Å². The topological polar surface area (TPSA) is 78.7 Å². The minimum absolute atomic E-state index is 0. The molecule has 1 aliphatic rings. The van der Waals surface area contributed by atoms with E-state index in [0.29, 0.717) is 30.5 Å². The SMILES string of the molecule is CC(C)C[C@H](N)C(=O)NCC(=O)N1CCN(c2ccc(Cl)cc2)CC1.Cl.Cl. The first-order valence-electron chi connectivity index (χ1n) is 8.68. The number of anilines is 1. The Labute approximate surface area is 178 Å². The fourth-order valence-electron chi connectivity index (χ4n) is 2.89. The van der Waals surface area contributed by atoms with E-state index in [1.54, 1.807) is 4.90 Å². The van der Waals surface area contributed by atoms with Gasteiger partial charge < -0.3 is 20.9 Å². The Bertz CT molecular complexity index is 591. The zero-order valence-electron chi connectivity index (χ0n) is 15.7. The molecule has 27 heavy (non-hydrogen) atoms. The van der Waals surface area contributed by atoms with Gasteiger partial charge in [-0.25, -0.2) is 0 Å². The zero-order chi connectivity index (χ0) is 18.4. The predicted molar refractivity (Wildman–Crippen MR) is 115 cm³/mol. The third-order valence-corrected chi connectivity index (χ3v) is 4.55. The quantitative estimate of drug-likeness (QED) is 0.713. The van der Waals surface area contributed by atoms with Crippen LogP contribution in [0.3, 0.4) is 0 Å². The summed E-state index contributed by atoms with van der Waals surface area (Å²) in [5.41, 5.74) is 6.92. The molecule has 2 rings (SSSR count). The van der Waals surface area contributed by atoms with E-state index in [1.165, 1.54) is 0 Å². The highest BCUT2D eigenvalue weighted by Gasteiger charge is 2.22. The number of amides is 2. The number of hydrogen-bond donors (Lipinski definition) is 2. The number of nitrogens with zero attached hydrogens (tertiary/aromatic N) is 2. The van der Waals surface area contributed by atoms with Crippen molar-refractivity contribution in [2.24, 2.45) is 11.7 Å². The summed E-state index contributed by atoms with van der Waals surface area (Å²) in [5, 5.41) is 3.36. The Hall–Kier alpha value is -1.21. The standard InChI is InChI=1S/C18H27ClN4O2.2ClH/c1-13(2)11-16(20)18(25)21-12-17(24)23-9-7-22(8-10-23)15-5-3-14(19)4-6-15;;/h3-6,13,16H,7-12,20H2,1-2H3,(H,21,25);2*1H/t16-;;/m0../s1. The average molecular weight is 440 g/mol. The largest absolute Gasteiger partial charge is 0.368 e. The van der Waals surface area contributed by atoms with Crippen molar-refractivity contribution in [3.63, 3.8) is 0 Å². The van der Waals surface area contributed by atoms with Crippen LogP contribution in [0, 0.1) is 5.92 Å². The van der Waals surface area contributed by atoms with Crippen LogP contribution >= 0.6 is 36.4 Å². The van der Waals surface area contributed by atoms with Gasteiger partial charge in [-0.15, -0.1) is 24.8 Å². The minimum Gasteiger partial charge on any atom is -0.368 e. The molecule has 1 aromatic carbocycles. The van der Waals surface area contributed by atoms with E-state index in [2.05, 4.69) is 10.2 Å². The second kappa shape index (κ2) is 12.3. The van der Waals surface area contributed by atoms with Gasteiger partial charge >= 0.3 is 0 Å². The lowest BCUT2D eigenvalue weighted by Gasteiger charge is -2.36. The molecule has 3 N–H and O–H groups in total. The molecule has 2 amide bonds. The Morgan fingerprint density at radius 2 is 1.67 bits per heavy atom. The molecular weight excluding hydrogens is 411 g/mol. The van der Waals surface area contributed by atoms with Gasteiger partial charge in [0.05, 0.1) is 12.6 Å². The van der Waals surface area contributed by atoms with Crippen molar-refractivity contribution in [1.29, 1.82) is 0 Å². The second-order valence-electron chi connectivity index (χ2n) is 6.80. The summed E-state index contributed by atoms with van der Waals surface area (Å²) in [6.45, 7) is 6.82. The molecule has 1 aliphatic heterocycles. The molecule has 0 saturated carbocycles. The monoisotopic (exact) mass is 438 g/mol. The van der Waals surface area contributed by atoms with Gasteiger partial charge in [0.15, 0.2) is 0 Å². The summed E-state index contributed by atoms with van der Waals surface area (Å²) in [4.78, 5) is 28.2. The molecule has 0 radical (unpaired) electrons. The number of halogens is 3. The van der Waals surface area contributed by atoms with Crippen LogP contribution < -0.4 is 16.0 Å². The maximum Gasteiger partial charge on any atom is 0.242 e. The molecule has 1 heterocycles. The second-order valence-corrected chi connectivity index (χ2v) is 7.23. The Morgan fingerprint density at radius 3 is 2.19 bits per heavy atom. The zero-order valence-corrected chi connectivity index (χ0v) is 18.1. The van der Waals surface area contributed by atoms with Crippen molar-refractivity contribution in [2.75, 3.05) is 37.6 Å². The van der Waals surface area contributed by atoms with Gasteiger partial charge in [-0.3, -0.25) is 9.59 Å². The molecular formula is C18H29Cl3N4O2. The van der Waals surface area contributed by atoms with Crippen LogP contribution in [0.5, 0.6) is 0 Å². The lowest BCUT2D eigenvalue weighted by atomic mass is 10.0. The van der Waals surface area contributed by atoms with E-state index in [9.17, 15) is 9.59 Å². The average Bonchev–Trinajstić information content (AvgIpc) is 2.59. The molecule has 0 spiro atoms. The highest BCUT2D eigenvalue weighted by Crippen LogP contribution is 2.19. The molecule has 9 heteroatoms. The molecule has 0 unspecified atom stereocenters. The van der Waals surface area contributed by atoms with Crippen LogP contribution in [0.2, 0.25) is 5.02 Å². The van der Waals surface area contributed by atoms with Gasteiger partial charge in [0, 0.05) is 36.9 Å². The summed E-state index contributed by atoms with van der Waals surface area (Å²) in [7, 11) is 0. The van der Waals surface area contributed by atoms with E-state index >= 15 is 0 Å². The molecule has 1 fully saturated rings. The first-order chi connectivity index (χ1) is 11.9. The number of hydrogen-bond acceptors (Lipinski definition) is 4. The maximum atomic E-state index is 12.3. The normalized spacial score (nSPS) is 14.9. The highest BCUT2D eigenvalue weighted by molar-refractivity contribution is 6.30. The van der Waals surface area contributed by atoms with Gasteiger partial charge in [-0.05, 0) is 36.6 Å². The van der Waals surface area contributed by atoms with E-state index < -0.39 is 6.04 Å². The van der Waals surface area contributed by atoms with Crippen molar-refractivity contribution in [2.45, 2.75) is 26.3 Å². The van der Waals surface area contributed by atoms with Gasteiger partial charge in [0.2, 0.25) is 11.8 Å². The molecule has 154 valence electrons. The summed E-state index contributed by atoms with van der Waals surface area (Å²) in [5.74, 6) is 0.0140. The maximum absolute atomic E-state index is 12.3. The Morgan fingerprint density at radius 1 is 1.11 bits per heavy atom. The van der Waals surface area contributed by atoms with Crippen molar-refractivity contribution in [1.82, 2.24) is 10.2 Å². The van der Waals surface area contributed by atoms with Crippen molar-refractivity contribution in [3.05, 3.63) is 29.3 Å². The van der Waals surface area contributed by atoms with Crippen LogP contribution in [0.25, 0.3) is 0 Å². The number of nitrogens with one attached hydrogen (secondary N) is 1. The molecule has 1 saturated heterocycles. The lowest BCUT2D eigenvalue weighted by molar-refractivity contribution is -0.133. The van der Waals surface area contributed by atoms with Crippen LogP contribution in [-0.2, 0) is 9.59 Å². The molecule has 0 aliphatic carbocycles. The van der Waals surface area contributed by atoms with Crippen LogP contribution in [0.4, 0.5) is 5.69 Å². The molecule has 1 atom stereocenters. The summed E-state index contributed by atoms with van der Waals surface area (Å²) in [6, 6.07) is 7.13. The lowest BCUT2D eigenvalue weighted by Crippen LogP contribution is -2.52. The molecule has 1 aromatic rings. The van der Waals surface area contributed by atoms with E-state index in [0.717, 1.165) is 18.8 Å². The smallest absolute Gasteiger partial charge is 0.242 e. The first kappa shape index (κ1) is 25.8. The van der Waals surface area contributed by atoms with Gasteiger partial charge in [0.1, 0.15) is 0 Å². The van der Waals surface area contributed by atoms with E-state index in [1.807, 2.05) is 38.1 Å². The fourth-order valence-corrected chi connectivity index (χ4v) is 3.01. The van der Waals surface area contributed by atoms with Crippen molar-refractivity contribution >= 4 is 53.9 Å². The number of carbonyl (C=O) groups is 2. The number of nitrogens with two attached hydrogens (primary N) is 1. The summed E-state index contributed by atoms with van der Waals surface area (Å²) >= 11 is 5.91. The Kier molecular flexibility index (Phi) is 11.7. The number of piperazine rings is 1. The van der Waals surface area contributed by atoms with E-state index in [4.69, 9.17) is 17.3 Å². The Balaban J connectivity index is 0.00000338. The van der Waals surface area contributed by atoms with E-state index in [-0.39, 0.29) is 43.2 Å². The number of rotatable bonds is 6. The molecule has 0 bridgehead atoms. The number of benzene rings is 1. The van der Waals surface area contributed by atoms with Gasteiger partial charge in [-0.1, -0.05) is 25.4 Å². The fraction of sp³-hybridized carbons (Fsp3) is 0.556. The van der Waals surface area contributed by atoms with Gasteiger partial charge in [-0.2, -0.15) is 0 Å². The van der Waals surface area contributed by atoms with Crippen LogP contribution in [0.1, 0.15) is 20.3 Å². The first-order valence-corrected chi connectivity index (χ1v) is 9.06. The highest BCUT2D eigenvalue weighted by atomic mass is 35.5. The van der Waals surface area contributed by atoms with Crippen molar-refractivity contribution < 1.29 is 9.59 Å². The van der Waals surface area contributed by atoms with Crippen LogP contribution in [-0.4, -0.2) is 55.5 Å². The third-order valence-electron chi connectivity index (χ3n) is 4.30. The molecule has 0 aromatic heterocycles.